The van der Waals surface area contributed by atoms with Crippen molar-refractivity contribution in [3.63, 3.8) is 0 Å². The van der Waals surface area contributed by atoms with Gasteiger partial charge in [0.15, 0.2) is 0 Å². The zero-order chi connectivity index (χ0) is 11.4. The second-order valence-corrected chi connectivity index (χ2v) is 4.58. The third kappa shape index (κ3) is 2.38. The summed E-state index contributed by atoms with van der Waals surface area (Å²) < 4.78 is 5.16. The Kier molecular flexibility index (Phi) is 3.83. The first-order valence-electron chi connectivity index (χ1n) is 6.10. The van der Waals surface area contributed by atoms with E-state index in [1.54, 1.807) is 7.11 Å². The third-order valence-electron chi connectivity index (χ3n) is 3.70. The maximum absolute atomic E-state index is 9.14. The quantitative estimate of drug-likeness (QED) is 0.826. The van der Waals surface area contributed by atoms with Crippen LogP contribution in [-0.2, 0) is 0 Å². The van der Waals surface area contributed by atoms with Gasteiger partial charge in [0.25, 0.3) is 0 Å². The molecule has 1 atom stereocenters. The SMILES string of the molecule is COc1ccc(C(CCO)C2CCC2)cc1. The number of methoxy groups -OCH3 is 1. The van der Waals surface area contributed by atoms with E-state index in [0.29, 0.717) is 5.92 Å². The van der Waals surface area contributed by atoms with Crippen LogP contribution in [0.5, 0.6) is 5.75 Å². The minimum Gasteiger partial charge on any atom is -0.497 e. The summed E-state index contributed by atoms with van der Waals surface area (Å²) in [5.41, 5.74) is 1.35. The molecule has 0 amide bonds. The van der Waals surface area contributed by atoms with Gasteiger partial charge in [-0.3, -0.25) is 0 Å². The van der Waals surface area contributed by atoms with Crippen molar-refractivity contribution in [3.05, 3.63) is 29.8 Å². The number of ether oxygens (including phenoxy) is 1. The number of hydrogen-bond donors (Lipinski definition) is 1. The molecule has 88 valence electrons. The van der Waals surface area contributed by atoms with Crippen LogP contribution in [0, 0.1) is 5.92 Å². The summed E-state index contributed by atoms with van der Waals surface area (Å²) in [4.78, 5) is 0. The van der Waals surface area contributed by atoms with E-state index in [1.807, 2.05) is 12.1 Å². The lowest BCUT2D eigenvalue weighted by molar-refractivity contribution is 0.206. The van der Waals surface area contributed by atoms with Crippen LogP contribution < -0.4 is 4.74 Å². The van der Waals surface area contributed by atoms with Gasteiger partial charge >= 0.3 is 0 Å². The highest BCUT2D eigenvalue weighted by atomic mass is 16.5. The van der Waals surface area contributed by atoms with E-state index >= 15 is 0 Å². The lowest BCUT2D eigenvalue weighted by Gasteiger charge is -2.34. The van der Waals surface area contributed by atoms with Gasteiger partial charge in [0.2, 0.25) is 0 Å². The van der Waals surface area contributed by atoms with Gasteiger partial charge in [-0.2, -0.15) is 0 Å². The zero-order valence-corrected chi connectivity index (χ0v) is 9.86. The summed E-state index contributed by atoms with van der Waals surface area (Å²) in [6.07, 6.45) is 4.87. The highest BCUT2D eigenvalue weighted by molar-refractivity contribution is 5.30. The number of hydrogen-bond acceptors (Lipinski definition) is 2. The fourth-order valence-electron chi connectivity index (χ4n) is 2.51. The largest absolute Gasteiger partial charge is 0.497 e. The predicted octanol–water partition coefficient (Wildman–Crippen LogP) is 2.96. The average molecular weight is 220 g/mol. The van der Waals surface area contributed by atoms with E-state index in [1.165, 1.54) is 24.8 Å². The minimum absolute atomic E-state index is 0.285. The Morgan fingerprint density at radius 3 is 2.44 bits per heavy atom. The second-order valence-electron chi connectivity index (χ2n) is 4.58. The van der Waals surface area contributed by atoms with Crippen molar-refractivity contribution >= 4 is 0 Å². The summed E-state index contributed by atoms with van der Waals surface area (Å²) >= 11 is 0. The first-order chi connectivity index (χ1) is 7.85. The third-order valence-corrected chi connectivity index (χ3v) is 3.70. The van der Waals surface area contributed by atoms with Crippen molar-refractivity contribution in [1.29, 1.82) is 0 Å². The molecular formula is C14H20O2. The summed E-state index contributed by atoms with van der Waals surface area (Å²) in [5.74, 6) is 2.21. The van der Waals surface area contributed by atoms with Gasteiger partial charge in [-0.1, -0.05) is 18.6 Å². The monoisotopic (exact) mass is 220 g/mol. The Labute approximate surface area is 97.3 Å². The first-order valence-corrected chi connectivity index (χ1v) is 6.10. The zero-order valence-electron chi connectivity index (χ0n) is 9.86. The molecule has 1 saturated carbocycles. The molecule has 1 aromatic rings. The topological polar surface area (TPSA) is 29.5 Å². The van der Waals surface area contributed by atoms with Crippen molar-refractivity contribution in [1.82, 2.24) is 0 Å². The van der Waals surface area contributed by atoms with Gasteiger partial charge in [-0.15, -0.1) is 0 Å². The fraction of sp³-hybridized carbons (Fsp3) is 0.571. The summed E-state index contributed by atoms with van der Waals surface area (Å²) in [5, 5.41) is 9.14. The molecule has 2 rings (SSSR count). The van der Waals surface area contributed by atoms with Crippen LogP contribution in [0.15, 0.2) is 24.3 Å². The van der Waals surface area contributed by atoms with Crippen molar-refractivity contribution in [2.45, 2.75) is 31.6 Å². The molecule has 0 heterocycles. The van der Waals surface area contributed by atoms with Crippen LogP contribution in [0.25, 0.3) is 0 Å². The second kappa shape index (κ2) is 5.35. The van der Waals surface area contributed by atoms with Gasteiger partial charge in [-0.25, -0.2) is 0 Å². The molecule has 0 saturated heterocycles. The molecule has 2 heteroatoms. The minimum atomic E-state index is 0.285. The lowest BCUT2D eigenvalue weighted by atomic mass is 9.72. The van der Waals surface area contributed by atoms with Gasteiger partial charge in [0.05, 0.1) is 7.11 Å². The van der Waals surface area contributed by atoms with Crippen molar-refractivity contribution in [2.24, 2.45) is 5.92 Å². The number of rotatable bonds is 5. The van der Waals surface area contributed by atoms with E-state index in [9.17, 15) is 0 Å². The van der Waals surface area contributed by atoms with Gasteiger partial charge < -0.3 is 9.84 Å². The molecule has 1 N–H and O–H groups in total. The highest BCUT2D eigenvalue weighted by Crippen LogP contribution is 2.41. The normalized spacial score (nSPS) is 17.9. The number of aliphatic hydroxyl groups is 1. The molecule has 0 aromatic heterocycles. The van der Waals surface area contributed by atoms with Crippen molar-refractivity contribution in [3.8, 4) is 5.75 Å². The molecule has 1 aliphatic carbocycles. The molecule has 16 heavy (non-hydrogen) atoms. The Bertz CT molecular complexity index is 314. The van der Waals surface area contributed by atoms with Crippen molar-refractivity contribution in [2.75, 3.05) is 13.7 Å². The molecular weight excluding hydrogens is 200 g/mol. The lowest BCUT2D eigenvalue weighted by Crippen LogP contribution is -2.21. The average Bonchev–Trinajstić information content (AvgIpc) is 2.26. The molecule has 0 spiro atoms. The first kappa shape index (κ1) is 11.5. The van der Waals surface area contributed by atoms with Crippen LogP contribution in [0.2, 0.25) is 0 Å². The fourth-order valence-corrected chi connectivity index (χ4v) is 2.51. The van der Waals surface area contributed by atoms with E-state index < -0.39 is 0 Å². The summed E-state index contributed by atoms with van der Waals surface area (Å²) in [6, 6.07) is 8.30. The van der Waals surface area contributed by atoms with Crippen LogP contribution in [0.1, 0.15) is 37.2 Å². The molecule has 2 nitrogen and oxygen atoms in total. The van der Waals surface area contributed by atoms with Crippen LogP contribution in [0.3, 0.4) is 0 Å². The highest BCUT2D eigenvalue weighted by Gasteiger charge is 2.27. The van der Waals surface area contributed by atoms with E-state index in [4.69, 9.17) is 9.84 Å². The maximum Gasteiger partial charge on any atom is 0.118 e. The number of aliphatic hydroxyl groups excluding tert-OH is 1. The Hall–Kier alpha value is -1.02. The van der Waals surface area contributed by atoms with E-state index in [2.05, 4.69) is 12.1 Å². The Morgan fingerprint density at radius 2 is 2.00 bits per heavy atom. The van der Waals surface area contributed by atoms with Crippen molar-refractivity contribution < 1.29 is 9.84 Å². The Morgan fingerprint density at radius 1 is 1.31 bits per heavy atom. The van der Waals surface area contributed by atoms with Gasteiger partial charge in [-0.05, 0) is 48.8 Å². The van der Waals surface area contributed by atoms with E-state index in [0.717, 1.165) is 18.1 Å². The van der Waals surface area contributed by atoms with Crippen LogP contribution in [0.4, 0.5) is 0 Å². The van der Waals surface area contributed by atoms with Crippen LogP contribution >= 0.6 is 0 Å². The van der Waals surface area contributed by atoms with Gasteiger partial charge in [0, 0.05) is 6.61 Å². The molecule has 1 aliphatic rings. The smallest absolute Gasteiger partial charge is 0.118 e. The Balaban J connectivity index is 2.10. The molecule has 1 unspecified atom stereocenters. The van der Waals surface area contributed by atoms with Gasteiger partial charge in [0.1, 0.15) is 5.75 Å². The predicted molar refractivity (Wildman–Crippen MR) is 64.8 cm³/mol. The summed E-state index contributed by atoms with van der Waals surface area (Å²) in [6.45, 7) is 0.285. The molecule has 0 radical (unpaired) electrons. The maximum atomic E-state index is 9.14. The summed E-state index contributed by atoms with van der Waals surface area (Å²) in [7, 11) is 1.69. The van der Waals surface area contributed by atoms with E-state index in [-0.39, 0.29) is 6.61 Å². The number of benzene rings is 1. The molecule has 1 fully saturated rings. The molecule has 0 bridgehead atoms. The molecule has 0 aliphatic heterocycles. The molecule has 1 aromatic carbocycles. The standard InChI is InChI=1S/C14H20O2/c1-16-13-7-5-12(6-8-13)14(9-10-15)11-3-2-4-11/h5-8,11,14-15H,2-4,9-10H2,1H3. The van der Waals surface area contributed by atoms with Crippen LogP contribution in [-0.4, -0.2) is 18.8 Å².